The molecule has 0 aliphatic heterocycles. The maximum Gasteiger partial charge on any atom is 0.127 e. The molecule has 0 aromatic heterocycles. The molecule has 0 unspecified atom stereocenters. The lowest BCUT2D eigenvalue weighted by Crippen LogP contribution is -2.09. The first-order valence-corrected chi connectivity index (χ1v) is 18.9. The second kappa shape index (κ2) is 17.3. The van der Waals surface area contributed by atoms with Crippen molar-refractivity contribution in [1.82, 2.24) is 0 Å². The van der Waals surface area contributed by atoms with Crippen LogP contribution in [0.1, 0.15) is 16.7 Å². The molecular weight excluding hydrogens is 701 g/mol. The predicted molar refractivity (Wildman–Crippen MR) is 235 cm³/mol. The molecule has 5 heteroatoms. The molecule has 0 heterocycles. The zero-order valence-corrected chi connectivity index (χ0v) is 31.9. The summed E-state index contributed by atoms with van der Waals surface area (Å²) in [6.07, 6.45) is 2.22. The molecule has 8 rings (SSSR count). The van der Waals surface area contributed by atoms with Gasteiger partial charge in [0.05, 0.1) is 14.2 Å². The zero-order chi connectivity index (χ0) is 38.8. The quantitative estimate of drug-likeness (QED) is 0.110. The van der Waals surface area contributed by atoms with Crippen molar-refractivity contribution in [3.63, 3.8) is 0 Å². The predicted octanol–water partition coefficient (Wildman–Crippen LogP) is 14.0. The van der Waals surface area contributed by atoms with Crippen LogP contribution in [-0.4, -0.2) is 14.2 Å². The Morgan fingerprint density at radius 2 is 0.632 bits per heavy atom. The highest BCUT2D eigenvalue weighted by molar-refractivity contribution is 5.92. The molecule has 0 fully saturated rings. The molecule has 0 spiro atoms. The third-order valence-corrected chi connectivity index (χ3v) is 9.73. The van der Waals surface area contributed by atoms with Gasteiger partial charge in [0.1, 0.15) is 23.0 Å². The Bertz CT molecular complexity index is 2410. The minimum Gasteiger partial charge on any atom is -0.497 e. The molecule has 278 valence electrons. The highest BCUT2D eigenvalue weighted by Crippen LogP contribution is 2.38. The standard InChI is InChI=1S/C52H42N2O3/c1-55-48-30-20-40(21-31-48)52(41-22-32-49(56-2)33-23-41)38-39-18-24-45(25-19-39)54(44-16-10-5-11-17-44)47-28-36-51(37-29-47)57-50-34-26-46(27-35-50)53(42-12-6-3-7-13-42)43-14-8-4-9-15-43/h3-38H,1-2H3. The third kappa shape index (κ3) is 8.59. The van der Waals surface area contributed by atoms with Crippen molar-refractivity contribution < 1.29 is 14.2 Å². The summed E-state index contributed by atoms with van der Waals surface area (Å²) < 4.78 is 17.2. The van der Waals surface area contributed by atoms with E-state index < -0.39 is 0 Å². The number of rotatable bonds is 13. The number of hydrogen-bond acceptors (Lipinski definition) is 5. The highest BCUT2D eigenvalue weighted by atomic mass is 16.5. The van der Waals surface area contributed by atoms with Crippen molar-refractivity contribution in [1.29, 1.82) is 0 Å². The number of benzene rings is 8. The summed E-state index contributed by atoms with van der Waals surface area (Å²) in [6, 6.07) is 72.6. The molecule has 0 aliphatic rings. The van der Waals surface area contributed by atoms with E-state index >= 15 is 0 Å². The fourth-order valence-corrected chi connectivity index (χ4v) is 6.85. The molecule has 0 aliphatic carbocycles. The minimum atomic E-state index is 0.757. The first-order valence-electron chi connectivity index (χ1n) is 18.9. The Balaban J connectivity index is 1.04. The SMILES string of the molecule is COc1ccc(C(=Cc2ccc(N(c3ccccc3)c3ccc(Oc4ccc(N(c5ccccc5)c5ccccc5)cc4)cc3)cc2)c2ccc(OC)cc2)cc1. The topological polar surface area (TPSA) is 34.2 Å². The number of methoxy groups -OCH3 is 2. The Morgan fingerprint density at radius 3 is 0.965 bits per heavy atom. The fourth-order valence-electron chi connectivity index (χ4n) is 6.85. The Morgan fingerprint density at radius 1 is 0.333 bits per heavy atom. The van der Waals surface area contributed by atoms with Crippen molar-refractivity contribution in [2.24, 2.45) is 0 Å². The largest absolute Gasteiger partial charge is 0.497 e. The van der Waals surface area contributed by atoms with Gasteiger partial charge in [-0.2, -0.15) is 0 Å². The molecule has 0 atom stereocenters. The van der Waals surface area contributed by atoms with Gasteiger partial charge in [-0.05, 0) is 150 Å². The lowest BCUT2D eigenvalue weighted by molar-refractivity contribution is 0.414. The second-order valence-electron chi connectivity index (χ2n) is 13.4. The number of ether oxygens (including phenoxy) is 3. The first-order chi connectivity index (χ1) is 28.1. The van der Waals surface area contributed by atoms with Gasteiger partial charge in [-0.15, -0.1) is 0 Å². The van der Waals surface area contributed by atoms with Crippen LogP contribution >= 0.6 is 0 Å². The van der Waals surface area contributed by atoms with Crippen molar-refractivity contribution in [2.45, 2.75) is 0 Å². The average molecular weight is 743 g/mol. The molecular formula is C52H42N2O3. The Labute approximate surface area is 334 Å². The summed E-state index contributed by atoms with van der Waals surface area (Å²) in [5, 5.41) is 0. The first kappa shape index (κ1) is 36.5. The molecule has 8 aromatic rings. The van der Waals surface area contributed by atoms with Crippen LogP contribution in [0.2, 0.25) is 0 Å². The molecule has 57 heavy (non-hydrogen) atoms. The lowest BCUT2D eigenvalue weighted by Gasteiger charge is -2.26. The van der Waals surface area contributed by atoms with Crippen molar-refractivity contribution in [3.05, 3.63) is 229 Å². The minimum absolute atomic E-state index is 0.757. The van der Waals surface area contributed by atoms with Crippen LogP contribution in [0.25, 0.3) is 11.6 Å². The van der Waals surface area contributed by atoms with E-state index in [4.69, 9.17) is 14.2 Å². The molecule has 0 amide bonds. The van der Waals surface area contributed by atoms with Gasteiger partial charge in [-0.25, -0.2) is 0 Å². The summed E-state index contributed by atoms with van der Waals surface area (Å²) >= 11 is 0. The van der Waals surface area contributed by atoms with E-state index in [9.17, 15) is 0 Å². The molecule has 0 radical (unpaired) electrons. The molecule has 0 saturated heterocycles. The zero-order valence-electron chi connectivity index (χ0n) is 31.9. The summed E-state index contributed by atoms with van der Waals surface area (Å²) in [5.74, 6) is 3.16. The summed E-state index contributed by atoms with van der Waals surface area (Å²) in [5.41, 5.74) is 10.7. The molecule has 0 saturated carbocycles. The van der Waals surface area contributed by atoms with Gasteiger partial charge in [0.2, 0.25) is 0 Å². The smallest absolute Gasteiger partial charge is 0.127 e. The van der Waals surface area contributed by atoms with Crippen molar-refractivity contribution >= 4 is 45.8 Å². The Kier molecular flexibility index (Phi) is 11.1. The van der Waals surface area contributed by atoms with E-state index in [1.807, 2.05) is 66.7 Å². The van der Waals surface area contributed by atoms with Gasteiger partial charge in [0.25, 0.3) is 0 Å². The molecule has 0 bridgehead atoms. The molecule has 8 aromatic carbocycles. The number of hydrogen-bond donors (Lipinski definition) is 0. The van der Waals surface area contributed by atoms with Gasteiger partial charge in [-0.3, -0.25) is 0 Å². The molecule has 0 N–H and O–H groups in total. The summed E-state index contributed by atoms with van der Waals surface area (Å²) in [6.45, 7) is 0. The van der Waals surface area contributed by atoms with E-state index in [2.05, 4.69) is 161 Å². The van der Waals surface area contributed by atoms with Gasteiger partial charge in [-0.1, -0.05) is 91.0 Å². The van der Waals surface area contributed by atoms with Crippen LogP contribution in [0.15, 0.2) is 212 Å². The summed E-state index contributed by atoms with van der Waals surface area (Å²) in [7, 11) is 3.37. The summed E-state index contributed by atoms with van der Waals surface area (Å²) in [4.78, 5) is 4.49. The highest BCUT2D eigenvalue weighted by Gasteiger charge is 2.15. The molecule has 5 nitrogen and oxygen atoms in total. The number of anilines is 6. The van der Waals surface area contributed by atoms with Crippen molar-refractivity contribution in [3.8, 4) is 23.0 Å². The van der Waals surface area contributed by atoms with E-state index in [-0.39, 0.29) is 0 Å². The maximum absolute atomic E-state index is 6.36. The third-order valence-electron chi connectivity index (χ3n) is 9.73. The van der Waals surface area contributed by atoms with Crippen LogP contribution in [0, 0.1) is 0 Å². The van der Waals surface area contributed by atoms with Gasteiger partial charge >= 0.3 is 0 Å². The normalized spacial score (nSPS) is 10.6. The van der Waals surface area contributed by atoms with E-state index in [0.717, 1.165) is 79.4 Å². The lowest BCUT2D eigenvalue weighted by atomic mass is 9.95. The second-order valence-corrected chi connectivity index (χ2v) is 13.4. The van der Waals surface area contributed by atoms with Crippen LogP contribution in [0.4, 0.5) is 34.1 Å². The monoisotopic (exact) mass is 742 g/mol. The van der Waals surface area contributed by atoms with Gasteiger partial charge in [0, 0.05) is 34.1 Å². The Hall–Kier alpha value is -7.50. The van der Waals surface area contributed by atoms with E-state index in [0.29, 0.717) is 0 Å². The van der Waals surface area contributed by atoms with Gasteiger partial charge in [0.15, 0.2) is 0 Å². The maximum atomic E-state index is 6.36. The number of para-hydroxylation sites is 3. The van der Waals surface area contributed by atoms with Gasteiger partial charge < -0.3 is 24.0 Å². The fraction of sp³-hybridized carbons (Fsp3) is 0.0385. The van der Waals surface area contributed by atoms with E-state index in [1.54, 1.807) is 14.2 Å². The van der Waals surface area contributed by atoms with Crippen LogP contribution < -0.4 is 24.0 Å². The van der Waals surface area contributed by atoms with Crippen LogP contribution in [0.3, 0.4) is 0 Å². The van der Waals surface area contributed by atoms with Crippen molar-refractivity contribution in [2.75, 3.05) is 24.0 Å². The average Bonchev–Trinajstić information content (AvgIpc) is 3.29. The number of nitrogens with zero attached hydrogens (tertiary/aromatic N) is 2. The van der Waals surface area contributed by atoms with Crippen LogP contribution in [0.5, 0.6) is 23.0 Å². The van der Waals surface area contributed by atoms with Crippen LogP contribution in [-0.2, 0) is 0 Å². The van der Waals surface area contributed by atoms with E-state index in [1.165, 1.54) is 0 Å².